The van der Waals surface area contributed by atoms with Crippen LogP contribution in [0.3, 0.4) is 0 Å². The van der Waals surface area contributed by atoms with Crippen molar-refractivity contribution in [1.29, 1.82) is 0 Å². The average Bonchev–Trinajstić information content (AvgIpc) is 1.67. The molecule has 0 fully saturated rings. The van der Waals surface area contributed by atoms with Crippen LogP contribution < -0.4 is 0 Å². The standard InChI is InChI=1S/C6H13OP/c1-5(2)6(3,4)8-7/h5H,1-4H3. The Morgan fingerprint density at radius 1 is 1.38 bits per heavy atom. The molecule has 48 valence electrons. The first kappa shape index (κ1) is 8.10. The van der Waals surface area contributed by atoms with Gasteiger partial charge in [-0.25, -0.2) is 0 Å². The van der Waals surface area contributed by atoms with E-state index in [9.17, 15) is 4.57 Å². The van der Waals surface area contributed by atoms with Crippen LogP contribution in [0.15, 0.2) is 0 Å². The van der Waals surface area contributed by atoms with Gasteiger partial charge in [0.05, 0.1) is 0 Å². The summed E-state index contributed by atoms with van der Waals surface area (Å²) < 4.78 is 10.4. The summed E-state index contributed by atoms with van der Waals surface area (Å²) in [6, 6.07) is 0. The van der Waals surface area contributed by atoms with Crippen molar-refractivity contribution in [3.63, 3.8) is 0 Å². The van der Waals surface area contributed by atoms with Gasteiger partial charge < -0.3 is 0 Å². The van der Waals surface area contributed by atoms with Crippen molar-refractivity contribution in [2.75, 3.05) is 0 Å². The fourth-order valence-corrected chi connectivity index (χ4v) is 0.316. The van der Waals surface area contributed by atoms with Crippen LogP contribution in [-0.4, -0.2) is 5.16 Å². The fraction of sp³-hybridized carbons (Fsp3) is 1.00. The van der Waals surface area contributed by atoms with Gasteiger partial charge in [-0.2, -0.15) is 0 Å². The highest BCUT2D eigenvalue weighted by Gasteiger charge is 2.21. The molecule has 0 aliphatic heterocycles. The van der Waals surface area contributed by atoms with Gasteiger partial charge in [0.2, 0.25) is 0 Å². The molecule has 0 rings (SSSR count). The lowest BCUT2D eigenvalue weighted by molar-refractivity contribution is 0.475. The summed E-state index contributed by atoms with van der Waals surface area (Å²) in [6.45, 7) is 8.13. The monoisotopic (exact) mass is 132 g/mol. The molecule has 0 aromatic carbocycles. The van der Waals surface area contributed by atoms with Crippen molar-refractivity contribution in [3.05, 3.63) is 0 Å². The fourth-order valence-electron chi connectivity index (χ4n) is 0.105. The summed E-state index contributed by atoms with van der Waals surface area (Å²) in [5, 5.41) is -0.0417. The molecule has 0 saturated carbocycles. The lowest BCUT2D eigenvalue weighted by atomic mass is 10.00. The molecule has 0 atom stereocenters. The normalized spacial score (nSPS) is 13.1. The van der Waals surface area contributed by atoms with E-state index in [4.69, 9.17) is 0 Å². The van der Waals surface area contributed by atoms with Crippen molar-refractivity contribution < 1.29 is 4.57 Å². The van der Waals surface area contributed by atoms with Crippen LogP contribution in [0.5, 0.6) is 0 Å². The Morgan fingerprint density at radius 2 is 1.75 bits per heavy atom. The molecule has 0 bridgehead atoms. The van der Waals surface area contributed by atoms with Gasteiger partial charge in [-0.15, -0.1) is 0 Å². The summed E-state index contributed by atoms with van der Waals surface area (Å²) in [6.07, 6.45) is 0. The van der Waals surface area contributed by atoms with E-state index in [1.165, 1.54) is 0 Å². The zero-order valence-corrected chi connectivity index (χ0v) is 6.83. The molecule has 0 amide bonds. The largest absolute Gasteiger partial charge is 0.274 e. The molecular weight excluding hydrogens is 119 g/mol. The molecule has 2 heteroatoms. The maximum Gasteiger partial charge on any atom is 0.161 e. The minimum atomic E-state index is -0.0417. The number of hydrogen-bond acceptors (Lipinski definition) is 1. The van der Waals surface area contributed by atoms with Gasteiger partial charge in [-0.1, -0.05) is 13.8 Å². The smallest absolute Gasteiger partial charge is 0.161 e. The van der Waals surface area contributed by atoms with E-state index in [1.807, 2.05) is 13.8 Å². The van der Waals surface area contributed by atoms with Gasteiger partial charge in [0.1, 0.15) is 0 Å². The van der Waals surface area contributed by atoms with Crippen molar-refractivity contribution in [2.45, 2.75) is 32.9 Å². The second kappa shape index (κ2) is 2.59. The minimum Gasteiger partial charge on any atom is -0.274 e. The molecule has 0 saturated heterocycles. The molecule has 1 nitrogen and oxygen atoms in total. The van der Waals surface area contributed by atoms with Crippen LogP contribution in [-0.2, 0) is 4.57 Å². The highest BCUT2D eigenvalue weighted by molar-refractivity contribution is 7.25. The van der Waals surface area contributed by atoms with Crippen molar-refractivity contribution in [3.8, 4) is 0 Å². The molecule has 0 N–H and O–H groups in total. The second-order valence-electron chi connectivity index (χ2n) is 2.90. The topological polar surface area (TPSA) is 17.1 Å². The zero-order valence-electron chi connectivity index (χ0n) is 5.93. The molecule has 0 aromatic rings. The first-order valence-electron chi connectivity index (χ1n) is 2.85. The van der Waals surface area contributed by atoms with Gasteiger partial charge in [-0.05, 0) is 19.8 Å². The summed E-state index contributed by atoms with van der Waals surface area (Å²) in [4.78, 5) is 0. The van der Waals surface area contributed by atoms with Crippen molar-refractivity contribution in [2.24, 2.45) is 5.92 Å². The summed E-state index contributed by atoms with van der Waals surface area (Å²) >= 11 is 0. The van der Waals surface area contributed by atoms with Crippen LogP contribution >= 0.6 is 8.46 Å². The van der Waals surface area contributed by atoms with Crippen LogP contribution in [0.25, 0.3) is 0 Å². The molecule has 0 aromatic heterocycles. The van der Waals surface area contributed by atoms with E-state index in [0.29, 0.717) is 5.92 Å². The molecule has 0 spiro atoms. The third-order valence-corrected chi connectivity index (χ3v) is 2.64. The van der Waals surface area contributed by atoms with E-state index in [-0.39, 0.29) is 13.6 Å². The number of rotatable bonds is 2. The summed E-state index contributed by atoms with van der Waals surface area (Å²) in [7, 11) is 0.250. The van der Waals surface area contributed by atoms with Gasteiger partial charge in [0.15, 0.2) is 8.46 Å². The van der Waals surface area contributed by atoms with Gasteiger partial charge >= 0.3 is 0 Å². The molecule has 0 unspecified atom stereocenters. The third-order valence-electron chi connectivity index (χ3n) is 1.65. The molecule has 8 heavy (non-hydrogen) atoms. The first-order valence-corrected chi connectivity index (χ1v) is 3.66. The maximum absolute atomic E-state index is 10.4. The van der Waals surface area contributed by atoms with Crippen LogP contribution in [0.1, 0.15) is 27.7 Å². The Labute approximate surface area is 52.7 Å². The molecule has 0 radical (unpaired) electrons. The molecule has 0 heterocycles. The summed E-state index contributed by atoms with van der Waals surface area (Å²) in [5.41, 5.74) is 0. The lowest BCUT2D eigenvalue weighted by Gasteiger charge is -2.19. The molecule has 0 aliphatic carbocycles. The Bertz CT molecular complexity index is 86.5. The SMILES string of the molecule is CC(C)C(C)(C)P=O. The Morgan fingerprint density at radius 3 is 1.75 bits per heavy atom. The predicted molar refractivity (Wildman–Crippen MR) is 36.5 cm³/mol. The van der Waals surface area contributed by atoms with Gasteiger partial charge in [0, 0.05) is 5.16 Å². The Balaban J connectivity index is 3.90. The highest BCUT2D eigenvalue weighted by Crippen LogP contribution is 2.29. The highest BCUT2D eigenvalue weighted by atomic mass is 31.1. The van der Waals surface area contributed by atoms with Crippen molar-refractivity contribution in [1.82, 2.24) is 0 Å². The Kier molecular flexibility index (Phi) is 2.62. The van der Waals surface area contributed by atoms with E-state index < -0.39 is 0 Å². The van der Waals surface area contributed by atoms with Crippen LogP contribution in [0.2, 0.25) is 0 Å². The van der Waals surface area contributed by atoms with E-state index in [1.54, 1.807) is 0 Å². The predicted octanol–water partition coefficient (Wildman–Crippen LogP) is 2.71. The maximum atomic E-state index is 10.4. The van der Waals surface area contributed by atoms with Crippen LogP contribution in [0, 0.1) is 5.92 Å². The first-order chi connectivity index (χ1) is 3.50. The lowest BCUT2D eigenvalue weighted by Crippen LogP contribution is -2.18. The van der Waals surface area contributed by atoms with Crippen LogP contribution in [0.4, 0.5) is 0 Å². The molecule has 0 aliphatic rings. The average molecular weight is 132 g/mol. The van der Waals surface area contributed by atoms with Gasteiger partial charge in [0.25, 0.3) is 0 Å². The molecular formula is C6H13OP. The van der Waals surface area contributed by atoms with Crippen molar-refractivity contribution >= 4 is 8.46 Å². The van der Waals surface area contributed by atoms with Gasteiger partial charge in [-0.3, -0.25) is 4.57 Å². The van der Waals surface area contributed by atoms with E-state index in [0.717, 1.165) is 0 Å². The zero-order chi connectivity index (χ0) is 6.78. The quantitative estimate of drug-likeness (QED) is 0.528. The second-order valence-corrected chi connectivity index (χ2v) is 4.23. The Hall–Kier alpha value is 0.100. The van der Waals surface area contributed by atoms with E-state index in [2.05, 4.69) is 13.8 Å². The summed E-state index contributed by atoms with van der Waals surface area (Å²) in [5.74, 6) is 0.488. The van der Waals surface area contributed by atoms with E-state index >= 15 is 0 Å². The minimum absolute atomic E-state index is 0.0417. The number of hydrogen-bond donors (Lipinski definition) is 0. The third kappa shape index (κ3) is 1.92.